The van der Waals surface area contributed by atoms with Gasteiger partial charge in [-0.2, -0.15) is 0 Å². The fourth-order valence-electron chi connectivity index (χ4n) is 3.90. The van der Waals surface area contributed by atoms with Gasteiger partial charge in [0.1, 0.15) is 0 Å². The third kappa shape index (κ3) is 3.33. The van der Waals surface area contributed by atoms with E-state index in [9.17, 15) is 4.79 Å². The van der Waals surface area contributed by atoms with E-state index in [1.165, 1.54) is 0 Å². The lowest BCUT2D eigenvalue weighted by Crippen LogP contribution is -2.31. The van der Waals surface area contributed by atoms with Crippen molar-refractivity contribution in [2.75, 3.05) is 19.5 Å². The third-order valence-corrected chi connectivity index (χ3v) is 5.27. The number of carbonyl (C=O) groups excluding carboxylic acids is 1. The summed E-state index contributed by atoms with van der Waals surface area (Å²) in [7, 11) is 3.23. The van der Waals surface area contributed by atoms with Crippen molar-refractivity contribution in [3.8, 4) is 0 Å². The molecular weight excluding hydrogens is 350 g/mol. The summed E-state index contributed by atoms with van der Waals surface area (Å²) in [6, 6.07) is 25.6. The van der Waals surface area contributed by atoms with Crippen LogP contribution in [-0.2, 0) is 9.47 Å². The van der Waals surface area contributed by atoms with E-state index in [1.54, 1.807) is 14.2 Å². The Balaban J connectivity index is 1.76. The molecule has 1 aliphatic rings. The molecule has 4 rings (SSSR count). The van der Waals surface area contributed by atoms with Crippen LogP contribution in [0.2, 0.25) is 0 Å². The number of Topliss-reactive ketones (excluding diaryl/α,β-unsaturated/α-hetero) is 1. The average molecular weight is 373 g/mol. The van der Waals surface area contributed by atoms with E-state index >= 15 is 0 Å². The highest BCUT2D eigenvalue weighted by Crippen LogP contribution is 2.42. The van der Waals surface area contributed by atoms with E-state index in [-0.39, 0.29) is 17.7 Å². The van der Waals surface area contributed by atoms with Crippen LogP contribution in [0.4, 0.5) is 5.69 Å². The second kappa shape index (κ2) is 7.97. The van der Waals surface area contributed by atoms with Crippen LogP contribution in [0.5, 0.6) is 0 Å². The molecule has 1 heterocycles. The minimum atomic E-state index is -0.402. The van der Waals surface area contributed by atoms with Crippen molar-refractivity contribution in [3.05, 3.63) is 101 Å². The molecule has 3 aromatic rings. The zero-order chi connectivity index (χ0) is 19.5. The molecule has 28 heavy (non-hydrogen) atoms. The maximum atomic E-state index is 13.4. The van der Waals surface area contributed by atoms with Gasteiger partial charge in [-0.25, -0.2) is 0 Å². The smallest absolute Gasteiger partial charge is 0.183 e. The van der Waals surface area contributed by atoms with Crippen LogP contribution in [0.3, 0.4) is 0 Å². The molecule has 4 nitrogen and oxygen atoms in total. The number of rotatable bonds is 5. The number of hydrogen-bond acceptors (Lipinski definition) is 4. The highest BCUT2D eigenvalue weighted by Gasteiger charge is 2.37. The number of para-hydroxylation sites is 1. The Hall–Kier alpha value is -2.95. The number of hydrogen-bond donors (Lipinski definition) is 1. The Labute approximate surface area is 165 Å². The number of anilines is 1. The van der Waals surface area contributed by atoms with Gasteiger partial charge in [0.05, 0.1) is 12.0 Å². The van der Waals surface area contributed by atoms with Gasteiger partial charge in [-0.1, -0.05) is 66.7 Å². The second-order valence-corrected chi connectivity index (χ2v) is 6.89. The van der Waals surface area contributed by atoms with Crippen molar-refractivity contribution in [1.82, 2.24) is 0 Å². The van der Waals surface area contributed by atoms with Crippen LogP contribution in [0.25, 0.3) is 0 Å². The number of ether oxygens (including phenoxy) is 2. The number of methoxy groups -OCH3 is 2. The highest BCUT2D eigenvalue weighted by atomic mass is 16.7. The predicted octanol–water partition coefficient (Wildman–Crippen LogP) is 5.11. The summed E-state index contributed by atoms with van der Waals surface area (Å²) in [4.78, 5) is 13.4. The van der Waals surface area contributed by atoms with Gasteiger partial charge >= 0.3 is 0 Å². The maximum Gasteiger partial charge on any atom is 0.183 e. The lowest BCUT2D eigenvalue weighted by molar-refractivity contribution is -0.106. The molecule has 0 radical (unpaired) electrons. The van der Waals surface area contributed by atoms with Gasteiger partial charge in [-0.15, -0.1) is 0 Å². The van der Waals surface area contributed by atoms with E-state index in [4.69, 9.17) is 9.47 Å². The first-order valence-electron chi connectivity index (χ1n) is 9.33. The molecule has 0 bridgehead atoms. The van der Waals surface area contributed by atoms with Gasteiger partial charge in [-0.05, 0) is 23.3 Å². The summed E-state index contributed by atoms with van der Waals surface area (Å²) in [6.45, 7) is 0. The third-order valence-electron chi connectivity index (χ3n) is 5.27. The largest absolute Gasteiger partial charge is 0.377 e. The van der Waals surface area contributed by atoms with Crippen molar-refractivity contribution in [3.63, 3.8) is 0 Å². The molecule has 0 fully saturated rings. The first kappa shape index (κ1) is 18.4. The summed E-state index contributed by atoms with van der Waals surface area (Å²) < 4.78 is 10.7. The molecule has 2 atom stereocenters. The fourth-order valence-corrected chi connectivity index (χ4v) is 3.90. The molecular formula is C24H23NO3. The van der Waals surface area contributed by atoms with Crippen LogP contribution in [0.15, 0.2) is 78.9 Å². The number of nitrogens with one attached hydrogen (secondary N) is 1. The van der Waals surface area contributed by atoms with Gasteiger partial charge in [-0.3, -0.25) is 4.79 Å². The van der Waals surface area contributed by atoms with Crippen molar-refractivity contribution < 1.29 is 14.3 Å². The first-order valence-corrected chi connectivity index (χ1v) is 9.33. The standard InChI is InChI=1S/C24H23NO3/c1-27-24(28-2)18-14-12-17(13-15-18)22-21(16-8-4-3-5-9-16)23(26)19-10-6-7-11-20(19)25-22/h3-15,21-22,24-25H,1-2H3. The molecule has 0 saturated heterocycles. The molecule has 1 N–H and O–H groups in total. The molecule has 142 valence electrons. The summed E-state index contributed by atoms with van der Waals surface area (Å²) >= 11 is 0. The minimum Gasteiger partial charge on any atom is -0.377 e. The molecule has 0 spiro atoms. The van der Waals surface area contributed by atoms with Crippen LogP contribution in [-0.4, -0.2) is 20.0 Å². The van der Waals surface area contributed by atoms with Crippen LogP contribution in [0.1, 0.15) is 45.3 Å². The Kier molecular flexibility index (Phi) is 5.24. The van der Waals surface area contributed by atoms with Crippen molar-refractivity contribution in [1.29, 1.82) is 0 Å². The van der Waals surface area contributed by atoms with Crippen LogP contribution < -0.4 is 5.32 Å². The van der Waals surface area contributed by atoms with Gasteiger partial charge in [0.15, 0.2) is 12.1 Å². The first-order chi connectivity index (χ1) is 13.7. The molecule has 0 amide bonds. The average Bonchev–Trinajstić information content (AvgIpc) is 2.76. The number of benzene rings is 3. The SMILES string of the molecule is COC(OC)c1ccc(C2Nc3ccccc3C(=O)C2c2ccccc2)cc1. The van der Waals surface area contributed by atoms with Gasteiger partial charge < -0.3 is 14.8 Å². The van der Waals surface area contributed by atoms with Gasteiger partial charge in [0, 0.05) is 31.0 Å². The second-order valence-electron chi connectivity index (χ2n) is 6.89. The van der Waals surface area contributed by atoms with Crippen molar-refractivity contribution in [2.24, 2.45) is 0 Å². The van der Waals surface area contributed by atoms with E-state index in [2.05, 4.69) is 5.32 Å². The van der Waals surface area contributed by atoms with Crippen LogP contribution >= 0.6 is 0 Å². The number of carbonyl (C=O) groups is 1. The summed E-state index contributed by atoms with van der Waals surface area (Å²) in [5, 5.41) is 3.59. The quantitative estimate of drug-likeness (QED) is 0.631. The fraction of sp³-hybridized carbons (Fsp3) is 0.208. The van der Waals surface area contributed by atoms with E-state index in [0.717, 1.165) is 27.9 Å². The lowest BCUT2D eigenvalue weighted by atomic mass is 9.78. The van der Waals surface area contributed by atoms with Gasteiger partial charge in [0.2, 0.25) is 0 Å². The maximum absolute atomic E-state index is 13.4. The predicted molar refractivity (Wildman–Crippen MR) is 110 cm³/mol. The summed E-state index contributed by atoms with van der Waals surface area (Å²) in [5.41, 5.74) is 4.61. The van der Waals surface area contributed by atoms with Crippen molar-refractivity contribution >= 4 is 11.5 Å². The number of fused-ring (bicyclic) bond motifs is 1. The molecule has 0 aliphatic carbocycles. The Morgan fingerprint density at radius 3 is 2.11 bits per heavy atom. The molecule has 0 aromatic heterocycles. The zero-order valence-corrected chi connectivity index (χ0v) is 16.0. The number of ketones is 1. The summed E-state index contributed by atoms with van der Waals surface area (Å²) in [5.74, 6) is -0.149. The minimum absolute atomic E-state index is 0.140. The van der Waals surface area contributed by atoms with E-state index in [1.807, 2.05) is 78.9 Å². The molecule has 2 unspecified atom stereocenters. The topological polar surface area (TPSA) is 47.6 Å². The van der Waals surface area contributed by atoms with E-state index in [0.29, 0.717) is 0 Å². The molecule has 4 heteroatoms. The molecule has 1 aliphatic heterocycles. The Morgan fingerprint density at radius 1 is 0.786 bits per heavy atom. The highest BCUT2D eigenvalue weighted by molar-refractivity contribution is 6.07. The monoisotopic (exact) mass is 373 g/mol. The van der Waals surface area contributed by atoms with Crippen LogP contribution in [0, 0.1) is 0 Å². The Morgan fingerprint density at radius 2 is 1.43 bits per heavy atom. The zero-order valence-electron chi connectivity index (χ0n) is 16.0. The Bertz CT molecular complexity index is 949. The normalized spacial score (nSPS) is 18.6. The molecule has 0 saturated carbocycles. The lowest BCUT2D eigenvalue weighted by Gasteiger charge is -2.34. The van der Waals surface area contributed by atoms with Gasteiger partial charge in [0.25, 0.3) is 0 Å². The molecule has 3 aromatic carbocycles. The van der Waals surface area contributed by atoms with E-state index < -0.39 is 6.29 Å². The van der Waals surface area contributed by atoms with Crippen molar-refractivity contribution in [2.45, 2.75) is 18.2 Å². The summed E-state index contributed by atoms with van der Waals surface area (Å²) in [6.07, 6.45) is -0.402.